The first kappa shape index (κ1) is 44.7. The molecule has 0 aromatic rings. The van der Waals surface area contributed by atoms with Gasteiger partial charge in [-0.2, -0.15) is 6.92 Å². The van der Waals surface area contributed by atoms with Crippen LogP contribution in [0.5, 0.6) is 0 Å². The zero-order chi connectivity index (χ0) is 10.7. The van der Waals surface area contributed by atoms with E-state index >= 15 is 0 Å². The summed E-state index contributed by atoms with van der Waals surface area (Å²) < 4.78 is 0. The summed E-state index contributed by atoms with van der Waals surface area (Å²) in [4.78, 5) is 39.7. The van der Waals surface area contributed by atoms with Gasteiger partial charge in [-0.3, -0.25) is 33.4 Å². The molecule has 0 N–H and O–H groups in total. The Bertz CT molecular complexity index is 45.2. The van der Waals surface area contributed by atoms with Crippen LogP contribution in [0.1, 0.15) is 6.92 Å². The zero-order valence-electron chi connectivity index (χ0n) is 6.18. The minimum Gasteiger partial charge on any atom is -0.545 e. The molecule has 0 aromatic carbocycles. The van der Waals surface area contributed by atoms with Gasteiger partial charge in [-0.15, -0.1) is 0 Å². The summed E-state index contributed by atoms with van der Waals surface area (Å²) in [7, 11) is 0. The molecule has 0 unspecified atom stereocenters. The van der Waals surface area contributed by atoms with Crippen molar-refractivity contribution in [1.82, 2.24) is 0 Å². The summed E-state index contributed by atoms with van der Waals surface area (Å²) in [5.74, 6) is 0. The molecule has 0 aliphatic rings. The Morgan fingerprint density at radius 2 is 0.750 bits per heavy atom. The van der Waals surface area contributed by atoms with Gasteiger partial charge in [0.1, 0.15) is 0 Å². The van der Waals surface area contributed by atoms with Crippen LogP contribution in [0.3, 0.4) is 0 Å². The van der Waals surface area contributed by atoms with Crippen molar-refractivity contribution in [3.63, 3.8) is 0 Å². The van der Waals surface area contributed by atoms with Gasteiger partial charge in [0.25, 0.3) is 0 Å². The van der Waals surface area contributed by atoms with E-state index in [1.807, 2.05) is 0 Å². The van der Waals surface area contributed by atoms with Crippen molar-refractivity contribution in [2.45, 2.75) is 6.92 Å². The average Bonchev–Trinajstić information content (AvgIpc) is 2.18. The number of hydrogen-bond donors (Lipinski definition) is 0. The number of rotatable bonds is 0. The number of carbonyl (C=O) groups excluding carboxylic acids is 5. The maximum atomic E-state index is 8.68. The van der Waals surface area contributed by atoms with E-state index in [9.17, 15) is 0 Å². The zero-order valence-corrected chi connectivity index (χ0v) is 7.23. The Morgan fingerprint density at radius 1 is 0.750 bits per heavy atom. The second-order valence-electron chi connectivity index (χ2n) is 0.204. The van der Waals surface area contributed by atoms with Crippen molar-refractivity contribution in [2.75, 3.05) is 0 Å². The van der Waals surface area contributed by atoms with Crippen LogP contribution < -0.4 is 0 Å². The van der Waals surface area contributed by atoms with Gasteiger partial charge in [0.2, 0.25) is 0 Å². The summed E-state index contributed by atoms with van der Waals surface area (Å²) in [6, 6.07) is 0. The fourth-order valence-corrected chi connectivity index (χ4v) is 0. The number of hydrogen-bond acceptors (Lipinski definition) is 5. The SMILES string of the molecule is C[C-]=O.[CH-]=O.[CH-]=O.[CH-]=O.[CH-]=O.[Co]. The molecule has 0 saturated carbocycles. The summed E-state index contributed by atoms with van der Waals surface area (Å²) in [5, 5.41) is 0. The molecule has 0 fully saturated rings. The van der Waals surface area contributed by atoms with Crippen molar-refractivity contribution >= 4 is 33.4 Å². The monoisotopic (exact) mass is 218 g/mol. The summed E-state index contributed by atoms with van der Waals surface area (Å²) in [6.07, 6.45) is 1.50. The molecule has 12 heavy (non-hydrogen) atoms. The molecular formula is C6H7CoO5-5. The average molecular weight is 218 g/mol. The molecule has 0 amide bonds. The van der Waals surface area contributed by atoms with Crippen LogP contribution in [0, 0.1) is 0 Å². The molecule has 0 aliphatic heterocycles. The molecule has 1 radical (unpaired) electrons. The molecular weight excluding hydrogens is 211 g/mol. The molecule has 5 nitrogen and oxygen atoms in total. The molecule has 0 heterocycles. The molecule has 0 aromatic heterocycles. The molecule has 0 spiro atoms. The third-order valence-corrected chi connectivity index (χ3v) is 0. The van der Waals surface area contributed by atoms with Crippen molar-refractivity contribution in [2.24, 2.45) is 0 Å². The van der Waals surface area contributed by atoms with Crippen LogP contribution in [-0.4, -0.2) is 33.4 Å². The van der Waals surface area contributed by atoms with Crippen molar-refractivity contribution < 1.29 is 40.8 Å². The second kappa shape index (κ2) is 37500. The topological polar surface area (TPSA) is 85.3 Å². The molecule has 0 atom stereocenters. The van der Waals surface area contributed by atoms with Gasteiger partial charge in [0.05, 0.1) is 0 Å². The predicted octanol–water partition coefficient (Wildman–Crippen LogP) is -0.983. The van der Waals surface area contributed by atoms with Gasteiger partial charge in [0, 0.05) is 16.8 Å². The van der Waals surface area contributed by atoms with Gasteiger partial charge < -0.3 is 24.0 Å². The van der Waals surface area contributed by atoms with E-state index in [0.717, 1.165) is 0 Å². The second-order valence-corrected chi connectivity index (χ2v) is 0.204. The minimum atomic E-state index is 0. The Kier molecular flexibility index (Phi) is 140000. The largest absolute Gasteiger partial charge is 0.545 e. The maximum absolute atomic E-state index is 8.68. The van der Waals surface area contributed by atoms with Crippen molar-refractivity contribution in [1.29, 1.82) is 0 Å². The molecule has 0 bridgehead atoms. The summed E-state index contributed by atoms with van der Waals surface area (Å²) in [5.41, 5.74) is 0. The van der Waals surface area contributed by atoms with Crippen LogP contribution in [0.15, 0.2) is 0 Å². The minimum absolute atomic E-state index is 0. The summed E-state index contributed by atoms with van der Waals surface area (Å²) in [6.45, 7) is 14.3. The quantitative estimate of drug-likeness (QED) is 0.385. The van der Waals surface area contributed by atoms with Gasteiger partial charge in [0.15, 0.2) is 0 Å². The van der Waals surface area contributed by atoms with E-state index in [-0.39, 0.29) is 16.8 Å². The van der Waals surface area contributed by atoms with Crippen molar-refractivity contribution in [3.8, 4) is 0 Å². The molecule has 0 rings (SSSR count). The first-order valence-electron chi connectivity index (χ1n) is 1.65. The molecule has 75 valence electrons. The third kappa shape index (κ3) is 418. The predicted molar refractivity (Wildman–Crippen MR) is 38.4 cm³/mol. The first-order valence-corrected chi connectivity index (χ1v) is 1.65. The Balaban J connectivity index is -0.00000000933. The fourth-order valence-electron chi connectivity index (χ4n) is 0. The summed E-state index contributed by atoms with van der Waals surface area (Å²) >= 11 is 0. The van der Waals surface area contributed by atoms with Gasteiger partial charge >= 0.3 is 0 Å². The van der Waals surface area contributed by atoms with E-state index in [1.165, 1.54) is 13.2 Å². The van der Waals surface area contributed by atoms with E-state index in [4.69, 9.17) is 24.0 Å². The standard InChI is InChI=1S/C2H3O.4CHO.Co/c1-2-3;4*1-2;/h1H3;4*1H;/q5*-1;. The van der Waals surface area contributed by atoms with Crippen LogP contribution >= 0.6 is 0 Å². The van der Waals surface area contributed by atoms with Crippen LogP contribution in [-0.2, 0) is 40.8 Å². The van der Waals surface area contributed by atoms with E-state index in [0.29, 0.717) is 0 Å². The first-order chi connectivity index (χ1) is 5.41. The fraction of sp³-hybridized carbons (Fsp3) is 0.167. The van der Waals surface area contributed by atoms with Crippen LogP contribution in [0.2, 0.25) is 0 Å². The van der Waals surface area contributed by atoms with E-state index in [1.54, 1.807) is 0 Å². The van der Waals surface area contributed by atoms with E-state index in [2.05, 4.69) is 27.2 Å². The van der Waals surface area contributed by atoms with Crippen LogP contribution in [0.4, 0.5) is 0 Å². The van der Waals surface area contributed by atoms with Gasteiger partial charge in [-0.1, -0.05) is 0 Å². The molecule has 0 aliphatic carbocycles. The Labute approximate surface area is 81.7 Å². The van der Waals surface area contributed by atoms with Gasteiger partial charge in [-0.25, -0.2) is 0 Å². The van der Waals surface area contributed by atoms with E-state index < -0.39 is 0 Å². The molecule has 6 heteroatoms. The smallest absolute Gasteiger partial charge is 0 e. The Hall–Kier alpha value is -1.14. The molecule has 0 saturated heterocycles. The maximum Gasteiger partial charge on any atom is 0 e. The van der Waals surface area contributed by atoms with Gasteiger partial charge in [-0.05, 0) is 0 Å². The van der Waals surface area contributed by atoms with Crippen molar-refractivity contribution in [3.05, 3.63) is 0 Å². The third-order valence-electron chi connectivity index (χ3n) is 0. The normalized spacial score (nSPS) is 2.42. The van der Waals surface area contributed by atoms with Crippen LogP contribution in [0.25, 0.3) is 0 Å². The Morgan fingerprint density at radius 3 is 0.750 bits per heavy atom.